The molecule has 1 heteroatoms. The van der Waals surface area contributed by atoms with E-state index >= 15 is 0 Å². The number of hydrogen-bond donors (Lipinski definition) is 0. The molecule has 0 saturated heterocycles. The van der Waals surface area contributed by atoms with E-state index < -0.39 is 5.41 Å². The van der Waals surface area contributed by atoms with Gasteiger partial charge in [0.25, 0.3) is 0 Å². The van der Waals surface area contributed by atoms with E-state index in [0.717, 1.165) is 22.6 Å². The first kappa shape index (κ1) is 18.2. The fraction of sp³-hybridized carbons (Fsp3) is 0.0345. The molecule has 1 aliphatic rings. The maximum atomic E-state index is 6.48. The van der Waals surface area contributed by atoms with Gasteiger partial charge in [-0.25, -0.2) is 0 Å². The Morgan fingerprint density at radius 3 is 1.10 bits per heavy atom. The van der Waals surface area contributed by atoms with Crippen molar-refractivity contribution in [2.45, 2.75) is 5.41 Å². The summed E-state index contributed by atoms with van der Waals surface area (Å²) in [6.07, 6.45) is 4.50. The zero-order valence-electron chi connectivity index (χ0n) is 16.6. The molecule has 0 N–H and O–H groups in total. The quantitative estimate of drug-likeness (QED) is 0.364. The van der Waals surface area contributed by atoms with Crippen LogP contribution in [-0.4, -0.2) is 0 Å². The summed E-state index contributed by atoms with van der Waals surface area (Å²) in [5.41, 5.74) is 4.12. The number of rotatable bonds is 4. The molecule has 5 rings (SSSR count). The molecule has 4 aromatic rings. The lowest BCUT2D eigenvalue weighted by molar-refractivity contribution is 0.450. The van der Waals surface area contributed by atoms with Crippen LogP contribution in [0.5, 0.6) is 0 Å². The zero-order valence-corrected chi connectivity index (χ0v) is 16.6. The van der Waals surface area contributed by atoms with Crippen LogP contribution in [0.3, 0.4) is 0 Å². The molecule has 0 atom stereocenters. The summed E-state index contributed by atoms with van der Waals surface area (Å²) in [6.45, 7) is 0. The first-order valence-electron chi connectivity index (χ1n) is 10.2. The molecule has 0 radical (unpaired) electrons. The van der Waals surface area contributed by atoms with Gasteiger partial charge in [-0.05, 0) is 23.3 Å². The molecule has 4 aromatic carbocycles. The maximum Gasteiger partial charge on any atom is 0.132 e. The van der Waals surface area contributed by atoms with Crippen LogP contribution in [0.1, 0.15) is 22.3 Å². The van der Waals surface area contributed by atoms with Gasteiger partial charge in [0.2, 0.25) is 0 Å². The molecular formula is C29H22O. The Bertz CT molecular complexity index is 1080. The highest BCUT2D eigenvalue weighted by atomic mass is 16.5. The maximum absolute atomic E-state index is 6.48. The standard InChI is InChI=1S/C29H22O/c1-5-13-23(14-6-1)27-21-29(25-17-9-3-10-18-25,26-19-11-4-12-20-26)22-28(30-27)24-15-7-2-8-16-24/h1-22H. The van der Waals surface area contributed by atoms with Gasteiger partial charge in [-0.1, -0.05) is 121 Å². The minimum absolute atomic E-state index is 0.433. The van der Waals surface area contributed by atoms with Crippen LogP contribution in [-0.2, 0) is 10.2 Å². The van der Waals surface area contributed by atoms with Gasteiger partial charge in [0.05, 0.1) is 5.41 Å². The first-order valence-corrected chi connectivity index (χ1v) is 10.2. The molecule has 1 nitrogen and oxygen atoms in total. The van der Waals surface area contributed by atoms with Crippen LogP contribution < -0.4 is 0 Å². The van der Waals surface area contributed by atoms with Gasteiger partial charge >= 0.3 is 0 Å². The molecule has 30 heavy (non-hydrogen) atoms. The van der Waals surface area contributed by atoms with Gasteiger partial charge in [-0.2, -0.15) is 0 Å². The summed E-state index contributed by atoms with van der Waals surface area (Å²) < 4.78 is 6.48. The van der Waals surface area contributed by atoms with Crippen LogP contribution in [0.4, 0.5) is 0 Å². The third kappa shape index (κ3) is 3.35. The van der Waals surface area contributed by atoms with Crippen molar-refractivity contribution in [3.05, 3.63) is 156 Å². The summed E-state index contributed by atoms with van der Waals surface area (Å²) in [5, 5.41) is 0. The van der Waals surface area contributed by atoms with Gasteiger partial charge in [0.1, 0.15) is 11.5 Å². The average Bonchev–Trinajstić information content (AvgIpc) is 2.86. The minimum atomic E-state index is -0.433. The Morgan fingerprint density at radius 2 is 0.733 bits per heavy atom. The van der Waals surface area contributed by atoms with E-state index in [2.05, 4.69) is 97.1 Å². The highest BCUT2D eigenvalue weighted by molar-refractivity contribution is 5.78. The third-order valence-corrected chi connectivity index (χ3v) is 5.56. The van der Waals surface area contributed by atoms with Crippen molar-refractivity contribution in [2.24, 2.45) is 0 Å². The first-order chi connectivity index (χ1) is 14.9. The monoisotopic (exact) mass is 386 g/mol. The van der Waals surface area contributed by atoms with E-state index in [9.17, 15) is 0 Å². The summed E-state index contributed by atoms with van der Waals surface area (Å²) >= 11 is 0. The van der Waals surface area contributed by atoms with Crippen molar-refractivity contribution in [3.8, 4) is 0 Å². The smallest absolute Gasteiger partial charge is 0.132 e. The number of ether oxygens (including phenoxy) is 1. The highest BCUT2D eigenvalue weighted by Gasteiger charge is 2.35. The van der Waals surface area contributed by atoms with Gasteiger partial charge < -0.3 is 4.74 Å². The van der Waals surface area contributed by atoms with Crippen molar-refractivity contribution >= 4 is 11.5 Å². The van der Waals surface area contributed by atoms with Crippen molar-refractivity contribution in [1.82, 2.24) is 0 Å². The summed E-state index contributed by atoms with van der Waals surface area (Å²) in [6, 6.07) is 41.9. The van der Waals surface area contributed by atoms with E-state index in [-0.39, 0.29) is 0 Å². The van der Waals surface area contributed by atoms with Crippen LogP contribution in [0.25, 0.3) is 11.5 Å². The van der Waals surface area contributed by atoms with Crippen LogP contribution in [0, 0.1) is 0 Å². The van der Waals surface area contributed by atoms with E-state index in [1.165, 1.54) is 11.1 Å². The molecule has 0 unspecified atom stereocenters. The minimum Gasteiger partial charge on any atom is -0.457 e. The largest absolute Gasteiger partial charge is 0.457 e. The predicted octanol–water partition coefficient (Wildman–Crippen LogP) is 7.09. The molecule has 0 fully saturated rings. The molecule has 0 aromatic heterocycles. The van der Waals surface area contributed by atoms with Gasteiger partial charge in [0, 0.05) is 11.1 Å². The Labute approximate surface area is 177 Å². The number of allylic oxidation sites excluding steroid dienone is 2. The number of benzene rings is 4. The molecule has 1 aliphatic heterocycles. The average molecular weight is 386 g/mol. The molecule has 144 valence electrons. The van der Waals surface area contributed by atoms with E-state index in [0.29, 0.717) is 0 Å². The molecule has 0 aliphatic carbocycles. The molecular weight excluding hydrogens is 364 g/mol. The molecule has 0 bridgehead atoms. The predicted molar refractivity (Wildman–Crippen MR) is 124 cm³/mol. The van der Waals surface area contributed by atoms with Crippen molar-refractivity contribution in [3.63, 3.8) is 0 Å². The molecule has 1 heterocycles. The van der Waals surface area contributed by atoms with Crippen LogP contribution in [0.2, 0.25) is 0 Å². The van der Waals surface area contributed by atoms with E-state index in [1.54, 1.807) is 0 Å². The molecule has 0 saturated carbocycles. The second kappa shape index (κ2) is 7.88. The fourth-order valence-corrected chi connectivity index (χ4v) is 4.05. The summed E-state index contributed by atoms with van der Waals surface area (Å²) in [4.78, 5) is 0. The molecule has 0 spiro atoms. The Morgan fingerprint density at radius 1 is 0.400 bits per heavy atom. The Balaban J connectivity index is 1.80. The SMILES string of the molecule is C1=C(c2ccccc2)OC(c2ccccc2)=CC1(c1ccccc1)c1ccccc1. The van der Waals surface area contributed by atoms with E-state index in [1.807, 2.05) is 36.4 Å². The number of hydrogen-bond acceptors (Lipinski definition) is 1. The van der Waals surface area contributed by atoms with E-state index in [4.69, 9.17) is 4.74 Å². The van der Waals surface area contributed by atoms with Gasteiger partial charge in [0.15, 0.2) is 0 Å². The summed E-state index contributed by atoms with van der Waals surface area (Å²) in [5.74, 6) is 1.73. The highest BCUT2D eigenvalue weighted by Crippen LogP contribution is 2.44. The normalized spacial score (nSPS) is 14.9. The van der Waals surface area contributed by atoms with Gasteiger partial charge in [-0.3, -0.25) is 0 Å². The fourth-order valence-electron chi connectivity index (χ4n) is 4.05. The van der Waals surface area contributed by atoms with Gasteiger partial charge in [-0.15, -0.1) is 0 Å². The summed E-state index contributed by atoms with van der Waals surface area (Å²) in [7, 11) is 0. The van der Waals surface area contributed by atoms with Crippen molar-refractivity contribution in [1.29, 1.82) is 0 Å². The van der Waals surface area contributed by atoms with Crippen LogP contribution >= 0.6 is 0 Å². The second-order valence-electron chi connectivity index (χ2n) is 7.45. The second-order valence-corrected chi connectivity index (χ2v) is 7.45. The Hall–Kier alpha value is -3.84. The third-order valence-electron chi connectivity index (χ3n) is 5.56. The Kier molecular flexibility index (Phi) is 4.78. The topological polar surface area (TPSA) is 9.23 Å². The lowest BCUT2D eigenvalue weighted by Crippen LogP contribution is -2.26. The zero-order chi connectivity index (χ0) is 20.2. The van der Waals surface area contributed by atoms with Crippen molar-refractivity contribution < 1.29 is 4.74 Å². The lowest BCUT2D eigenvalue weighted by Gasteiger charge is -2.34. The van der Waals surface area contributed by atoms with Crippen molar-refractivity contribution in [2.75, 3.05) is 0 Å². The molecule has 0 amide bonds. The van der Waals surface area contributed by atoms with Crippen LogP contribution in [0.15, 0.2) is 133 Å². The lowest BCUT2D eigenvalue weighted by atomic mass is 9.72.